The van der Waals surface area contributed by atoms with Crippen molar-refractivity contribution in [3.05, 3.63) is 106 Å². The number of anilines is 1. The molecule has 38 heavy (non-hydrogen) atoms. The standard InChI is InChI=1S/C30H29ClN4O2S/c1-18-10-11-19(2)24(17-18)33-27(36)14-16-35-29(28(34-30(35)38)23-9-4-5-15-32-23)26-13-12-25(37-26)21-7-6-8-22(31)20(21)3/h4-13,15,17,28-29H,14,16H2,1-3H3,(H,33,36)(H,34,38)/t28-,29-/m0/s1. The van der Waals surface area contributed by atoms with Gasteiger partial charge in [-0.05, 0) is 86.1 Å². The van der Waals surface area contributed by atoms with Crippen LogP contribution in [-0.2, 0) is 4.79 Å². The summed E-state index contributed by atoms with van der Waals surface area (Å²) in [5.41, 5.74) is 5.68. The molecule has 2 aromatic heterocycles. The third kappa shape index (κ3) is 5.30. The molecule has 1 aliphatic rings. The van der Waals surface area contributed by atoms with E-state index in [0.29, 0.717) is 16.7 Å². The molecule has 0 saturated carbocycles. The van der Waals surface area contributed by atoms with Crippen molar-refractivity contribution in [1.82, 2.24) is 15.2 Å². The summed E-state index contributed by atoms with van der Waals surface area (Å²) in [6, 6.07) is 21.0. The van der Waals surface area contributed by atoms with E-state index in [0.717, 1.165) is 45.2 Å². The van der Waals surface area contributed by atoms with Gasteiger partial charge in [0.05, 0.1) is 11.7 Å². The van der Waals surface area contributed by atoms with E-state index in [2.05, 4.69) is 15.6 Å². The molecular weight excluding hydrogens is 516 g/mol. The molecule has 194 valence electrons. The van der Waals surface area contributed by atoms with Gasteiger partial charge in [0.2, 0.25) is 5.91 Å². The van der Waals surface area contributed by atoms with Crippen molar-refractivity contribution < 1.29 is 9.21 Å². The van der Waals surface area contributed by atoms with Gasteiger partial charge in [-0.1, -0.05) is 41.9 Å². The molecule has 0 unspecified atom stereocenters. The molecule has 1 aliphatic heterocycles. The molecule has 2 aromatic carbocycles. The normalized spacial score (nSPS) is 16.9. The molecule has 2 atom stereocenters. The predicted octanol–water partition coefficient (Wildman–Crippen LogP) is 6.92. The maximum atomic E-state index is 12.9. The first-order valence-corrected chi connectivity index (χ1v) is 13.3. The predicted molar refractivity (Wildman–Crippen MR) is 155 cm³/mol. The highest BCUT2D eigenvalue weighted by Crippen LogP contribution is 2.41. The van der Waals surface area contributed by atoms with Crippen LogP contribution in [0.15, 0.2) is 77.3 Å². The Morgan fingerprint density at radius 2 is 1.95 bits per heavy atom. The Morgan fingerprint density at radius 3 is 2.74 bits per heavy atom. The number of thiocarbonyl (C=S) groups is 1. The minimum atomic E-state index is -0.279. The number of hydrogen-bond donors (Lipinski definition) is 2. The number of hydrogen-bond acceptors (Lipinski definition) is 4. The van der Waals surface area contributed by atoms with E-state index in [1.807, 2.05) is 92.4 Å². The van der Waals surface area contributed by atoms with Gasteiger partial charge < -0.3 is 20.0 Å². The average Bonchev–Trinajstić information content (AvgIpc) is 3.51. The van der Waals surface area contributed by atoms with Crippen molar-refractivity contribution in [2.75, 3.05) is 11.9 Å². The number of halogens is 1. The zero-order chi connectivity index (χ0) is 26.8. The fourth-order valence-electron chi connectivity index (χ4n) is 4.79. The summed E-state index contributed by atoms with van der Waals surface area (Å²) in [6.45, 7) is 6.39. The molecule has 1 saturated heterocycles. The summed E-state index contributed by atoms with van der Waals surface area (Å²) in [5.74, 6) is 1.39. The Balaban J connectivity index is 1.42. The average molecular weight is 545 g/mol. The summed E-state index contributed by atoms with van der Waals surface area (Å²) >= 11 is 12.1. The largest absolute Gasteiger partial charge is 0.459 e. The fourth-order valence-corrected chi connectivity index (χ4v) is 5.30. The van der Waals surface area contributed by atoms with Gasteiger partial charge in [0, 0.05) is 35.4 Å². The minimum absolute atomic E-state index is 0.0729. The SMILES string of the molecule is Cc1ccc(C)c(NC(=O)CCN2C(=S)N[C@@H](c3ccccn3)[C@@H]2c2ccc(-c3cccc(Cl)c3C)o2)c1. The van der Waals surface area contributed by atoms with Crippen molar-refractivity contribution in [3.63, 3.8) is 0 Å². The highest BCUT2D eigenvalue weighted by atomic mass is 35.5. The van der Waals surface area contributed by atoms with Crippen molar-refractivity contribution in [2.45, 2.75) is 39.3 Å². The van der Waals surface area contributed by atoms with Crippen LogP contribution in [0.1, 0.15) is 46.6 Å². The summed E-state index contributed by atoms with van der Waals surface area (Å²) in [6.07, 6.45) is 2.03. The molecule has 1 fully saturated rings. The third-order valence-corrected chi connectivity index (χ3v) is 7.66. The number of nitrogens with one attached hydrogen (secondary N) is 2. The smallest absolute Gasteiger partial charge is 0.226 e. The lowest BCUT2D eigenvalue weighted by atomic mass is 10.0. The molecule has 5 rings (SSSR count). The lowest BCUT2D eigenvalue weighted by molar-refractivity contribution is -0.116. The monoisotopic (exact) mass is 544 g/mol. The lowest BCUT2D eigenvalue weighted by Crippen LogP contribution is -2.32. The minimum Gasteiger partial charge on any atom is -0.459 e. The van der Waals surface area contributed by atoms with E-state index < -0.39 is 0 Å². The molecule has 0 radical (unpaired) electrons. The van der Waals surface area contributed by atoms with Crippen molar-refractivity contribution >= 4 is 40.5 Å². The number of pyridine rings is 1. The van der Waals surface area contributed by atoms with Crippen molar-refractivity contribution in [1.29, 1.82) is 0 Å². The van der Waals surface area contributed by atoms with Gasteiger partial charge in [0.25, 0.3) is 0 Å². The second kappa shape index (κ2) is 11.0. The Labute approximate surface area is 233 Å². The van der Waals surface area contributed by atoms with E-state index in [1.54, 1.807) is 6.20 Å². The van der Waals surface area contributed by atoms with Gasteiger partial charge >= 0.3 is 0 Å². The quantitative estimate of drug-likeness (QED) is 0.246. The highest BCUT2D eigenvalue weighted by Gasteiger charge is 2.41. The maximum absolute atomic E-state index is 12.9. The molecule has 6 nitrogen and oxygen atoms in total. The number of nitrogens with zero attached hydrogens (tertiary/aromatic N) is 2. The van der Waals surface area contributed by atoms with Crippen molar-refractivity contribution in [2.24, 2.45) is 0 Å². The Hall–Kier alpha value is -3.68. The Morgan fingerprint density at radius 1 is 1.11 bits per heavy atom. The van der Waals surface area contributed by atoms with Crippen LogP contribution in [0.3, 0.4) is 0 Å². The van der Waals surface area contributed by atoms with E-state index in [4.69, 9.17) is 28.2 Å². The number of carbonyl (C=O) groups excluding carboxylic acids is 1. The fraction of sp³-hybridized carbons (Fsp3) is 0.233. The summed E-state index contributed by atoms with van der Waals surface area (Å²) in [4.78, 5) is 19.5. The van der Waals surface area contributed by atoms with Gasteiger partial charge in [-0.25, -0.2) is 0 Å². The Kier molecular flexibility index (Phi) is 7.49. The number of aromatic nitrogens is 1. The molecular formula is C30H29ClN4O2S. The number of aryl methyl sites for hydroxylation is 2. The van der Waals surface area contributed by atoms with E-state index in [9.17, 15) is 4.79 Å². The second-order valence-corrected chi connectivity index (χ2v) is 10.3. The van der Waals surface area contributed by atoms with Gasteiger partial charge in [-0.3, -0.25) is 9.78 Å². The summed E-state index contributed by atoms with van der Waals surface area (Å²) in [5, 5.41) is 7.70. The van der Waals surface area contributed by atoms with Crippen LogP contribution in [0.5, 0.6) is 0 Å². The summed E-state index contributed by atoms with van der Waals surface area (Å²) in [7, 11) is 0. The molecule has 3 heterocycles. The topological polar surface area (TPSA) is 70.4 Å². The number of furan rings is 1. The van der Waals surface area contributed by atoms with E-state index >= 15 is 0 Å². The van der Waals surface area contributed by atoms with Crippen LogP contribution >= 0.6 is 23.8 Å². The van der Waals surface area contributed by atoms with Crippen LogP contribution in [0, 0.1) is 20.8 Å². The highest BCUT2D eigenvalue weighted by molar-refractivity contribution is 7.80. The van der Waals surface area contributed by atoms with Crippen LogP contribution in [0.25, 0.3) is 11.3 Å². The van der Waals surface area contributed by atoms with Crippen molar-refractivity contribution in [3.8, 4) is 11.3 Å². The second-order valence-electron chi connectivity index (χ2n) is 9.55. The number of benzene rings is 2. The first kappa shape index (κ1) is 25.9. The van der Waals surface area contributed by atoms with Gasteiger partial charge in [-0.2, -0.15) is 0 Å². The van der Waals surface area contributed by atoms with Crippen LogP contribution in [0.4, 0.5) is 5.69 Å². The van der Waals surface area contributed by atoms with E-state index in [1.165, 1.54) is 0 Å². The van der Waals surface area contributed by atoms with Crippen LogP contribution < -0.4 is 10.6 Å². The number of carbonyl (C=O) groups is 1. The molecule has 8 heteroatoms. The van der Waals surface area contributed by atoms with E-state index in [-0.39, 0.29) is 24.4 Å². The molecule has 0 aliphatic carbocycles. The number of rotatable bonds is 7. The zero-order valence-corrected chi connectivity index (χ0v) is 23.1. The van der Waals surface area contributed by atoms with Gasteiger partial charge in [0.15, 0.2) is 5.11 Å². The third-order valence-electron chi connectivity index (χ3n) is 6.90. The zero-order valence-electron chi connectivity index (χ0n) is 21.5. The lowest BCUT2D eigenvalue weighted by Gasteiger charge is -2.26. The number of amides is 1. The Bertz CT molecular complexity index is 1490. The van der Waals surface area contributed by atoms with Gasteiger partial charge in [0.1, 0.15) is 17.6 Å². The van der Waals surface area contributed by atoms with Gasteiger partial charge in [-0.15, -0.1) is 0 Å². The molecule has 2 N–H and O–H groups in total. The first-order chi connectivity index (χ1) is 18.3. The molecule has 0 bridgehead atoms. The summed E-state index contributed by atoms with van der Waals surface area (Å²) < 4.78 is 6.42. The first-order valence-electron chi connectivity index (χ1n) is 12.5. The molecule has 0 spiro atoms. The molecule has 4 aromatic rings. The molecule has 1 amide bonds. The maximum Gasteiger partial charge on any atom is 0.226 e. The van der Waals surface area contributed by atoms with Crippen LogP contribution in [0.2, 0.25) is 5.02 Å². The van der Waals surface area contributed by atoms with Crippen LogP contribution in [-0.4, -0.2) is 27.4 Å².